The molecule has 2 aliphatic heterocycles. The molecule has 0 spiro atoms. The molecule has 0 aliphatic carbocycles. The summed E-state index contributed by atoms with van der Waals surface area (Å²) in [5.74, 6) is 0. The van der Waals surface area contributed by atoms with Gasteiger partial charge in [0.1, 0.15) is 18.3 Å². The molecule has 5 atom stereocenters. The number of fused-ring (bicyclic) bond motifs is 1. The van der Waals surface area contributed by atoms with Crippen molar-refractivity contribution >= 4 is 0 Å². The van der Waals surface area contributed by atoms with Gasteiger partial charge in [-0.3, -0.25) is 0 Å². The van der Waals surface area contributed by atoms with Gasteiger partial charge in [0.25, 0.3) is 0 Å². The summed E-state index contributed by atoms with van der Waals surface area (Å²) in [5.41, 5.74) is 3.38. The third kappa shape index (κ3) is 6.28. The van der Waals surface area contributed by atoms with Gasteiger partial charge in [-0.15, -0.1) is 0 Å². The van der Waals surface area contributed by atoms with Gasteiger partial charge < -0.3 is 23.7 Å². The molecule has 0 bridgehead atoms. The van der Waals surface area contributed by atoms with Crippen LogP contribution in [0.1, 0.15) is 23.1 Å². The van der Waals surface area contributed by atoms with Crippen molar-refractivity contribution in [3.63, 3.8) is 0 Å². The van der Waals surface area contributed by atoms with E-state index in [0.717, 1.165) is 23.1 Å². The van der Waals surface area contributed by atoms with Crippen LogP contribution in [-0.2, 0) is 43.5 Å². The molecule has 2 aliphatic rings. The molecule has 0 unspecified atom stereocenters. The Hall–Kier alpha value is -2.54. The Bertz CT molecular complexity index is 965. The maximum atomic E-state index is 6.45. The second-order valence-corrected chi connectivity index (χ2v) is 8.55. The maximum Gasteiger partial charge on any atom is 0.185 e. The van der Waals surface area contributed by atoms with Crippen molar-refractivity contribution in [2.45, 2.75) is 56.9 Å². The first-order chi connectivity index (χ1) is 16.3. The molecule has 0 amide bonds. The maximum absolute atomic E-state index is 6.45. The third-order valence-corrected chi connectivity index (χ3v) is 6.03. The fourth-order valence-electron chi connectivity index (χ4n) is 4.19. The number of benzene rings is 3. The van der Waals surface area contributed by atoms with Gasteiger partial charge in [-0.25, -0.2) is 0 Å². The van der Waals surface area contributed by atoms with Crippen molar-refractivity contribution in [1.29, 1.82) is 0 Å². The summed E-state index contributed by atoms with van der Waals surface area (Å²) in [5, 5.41) is 0. The molecular formula is C28H30O5. The lowest BCUT2D eigenvalue weighted by Gasteiger charge is -2.32. The Morgan fingerprint density at radius 3 is 1.79 bits per heavy atom. The first kappa shape index (κ1) is 22.3. The van der Waals surface area contributed by atoms with Crippen LogP contribution in [0, 0.1) is 0 Å². The smallest absolute Gasteiger partial charge is 0.185 e. The van der Waals surface area contributed by atoms with E-state index in [2.05, 4.69) is 36.4 Å². The van der Waals surface area contributed by atoms with E-state index in [1.807, 2.05) is 54.6 Å². The van der Waals surface area contributed by atoms with Crippen LogP contribution in [0.5, 0.6) is 0 Å². The molecule has 3 aromatic carbocycles. The molecule has 5 heteroatoms. The zero-order valence-electron chi connectivity index (χ0n) is 18.6. The zero-order valence-corrected chi connectivity index (χ0v) is 18.6. The lowest BCUT2D eigenvalue weighted by atomic mass is 10.0. The first-order valence-electron chi connectivity index (χ1n) is 11.6. The van der Waals surface area contributed by atoms with Crippen molar-refractivity contribution in [2.24, 2.45) is 0 Å². The minimum absolute atomic E-state index is 0.0488. The second kappa shape index (κ2) is 11.1. The summed E-state index contributed by atoms with van der Waals surface area (Å²) in [7, 11) is 0. The zero-order chi connectivity index (χ0) is 22.3. The van der Waals surface area contributed by atoms with Gasteiger partial charge in [-0.05, 0) is 16.7 Å². The van der Waals surface area contributed by atoms with Gasteiger partial charge in [-0.2, -0.15) is 0 Å². The summed E-state index contributed by atoms with van der Waals surface area (Å²) in [6.07, 6.45) is -0.115. The monoisotopic (exact) mass is 446 g/mol. The molecule has 0 aromatic heterocycles. The second-order valence-electron chi connectivity index (χ2n) is 8.55. The Balaban J connectivity index is 1.28. The highest BCUT2D eigenvalue weighted by atomic mass is 16.8. The number of hydrogen-bond acceptors (Lipinski definition) is 5. The molecule has 2 saturated heterocycles. The van der Waals surface area contributed by atoms with Crippen molar-refractivity contribution in [1.82, 2.24) is 0 Å². The molecule has 172 valence electrons. The van der Waals surface area contributed by atoms with E-state index in [1.165, 1.54) is 0 Å². The summed E-state index contributed by atoms with van der Waals surface area (Å²) in [6, 6.07) is 30.6. The van der Waals surface area contributed by atoms with Gasteiger partial charge in [0, 0.05) is 6.42 Å². The average Bonchev–Trinajstić information content (AvgIpc) is 3.62. The minimum atomic E-state index is -0.282. The summed E-state index contributed by atoms with van der Waals surface area (Å²) >= 11 is 0. The van der Waals surface area contributed by atoms with E-state index in [4.69, 9.17) is 23.7 Å². The standard InChI is InChI=1S/C28H30O5/c1-4-10-21(11-5-1)17-29-20-26-27(31-19-23-14-8-3-9-15-23)24(16-25-28(32-25)33-26)30-18-22-12-6-2-7-13-22/h1-15,24-28H,16-20H2/t24-,25+,26-,27+,28-/m1/s1. The lowest BCUT2D eigenvalue weighted by Crippen LogP contribution is -2.44. The normalized spacial score (nSPS) is 26.4. The topological polar surface area (TPSA) is 49.5 Å². The molecule has 2 heterocycles. The quantitative estimate of drug-likeness (QED) is 0.415. The number of hydrogen-bond donors (Lipinski definition) is 0. The highest BCUT2D eigenvalue weighted by Crippen LogP contribution is 2.37. The van der Waals surface area contributed by atoms with Crippen LogP contribution in [-0.4, -0.2) is 37.3 Å². The van der Waals surface area contributed by atoms with Gasteiger partial charge in [0.05, 0.1) is 32.5 Å². The van der Waals surface area contributed by atoms with E-state index in [9.17, 15) is 0 Å². The fourth-order valence-corrected chi connectivity index (χ4v) is 4.19. The number of epoxide rings is 1. The molecule has 0 saturated carbocycles. The van der Waals surface area contributed by atoms with Crippen molar-refractivity contribution in [3.05, 3.63) is 108 Å². The van der Waals surface area contributed by atoms with Crippen LogP contribution in [0.2, 0.25) is 0 Å². The van der Waals surface area contributed by atoms with Gasteiger partial charge in [0.2, 0.25) is 0 Å². The van der Waals surface area contributed by atoms with E-state index in [0.29, 0.717) is 26.4 Å². The Labute approximate surface area is 195 Å². The Morgan fingerprint density at radius 2 is 1.18 bits per heavy atom. The molecule has 5 nitrogen and oxygen atoms in total. The third-order valence-electron chi connectivity index (χ3n) is 6.03. The largest absolute Gasteiger partial charge is 0.374 e. The number of ether oxygens (including phenoxy) is 5. The molecule has 33 heavy (non-hydrogen) atoms. The Kier molecular flexibility index (Phi) is 7.46. The molecular weight excluding hydrogens is 416 g/mol. The molecule has 2 fully saturated rings. The highest BCUT2D eigenvalue weighted by molar-refractivity contribution is 5.15. The van der Waals surface area contributed by atoms with Crippen molar-refractivity contribution in [3.8, 4) is 0 Å². The minimum Gasteiger partial charge on any atom is -0.374 e. The van der Waals surface area contributed by atoms with Crippen LogP contribution in [0.15, 0.2) is 91.0 Å². The van der Waals surface area contributed by atoms with Crippen LogP contribution in [0.3, 0.4) is 0 Å². The molecule has 0 radical (unpaired) electrons. The summed E-state index contributed by atoms with van der Waals surface area (Å²) in [6.45, 7) is 1.94. The lowest BCUT2D eigenvalue weighted by molar-refractivity contribution is -0.174. The average molecular weight is 447 g/mol. The number of rotatable bonds is 10. The van der Waals surface area contributed by atoms with E-state index < -0.39 is 0 Å². The summed E-state index contributed by atoms with van der Waals surface area (Å²) < 4.78 is 30.9. The van der Waals surface area contributed by atoms with E-state index in [1.54, 1.807) is 0 Å². The predicted octanol–water partition coefficient (Wildman–Crippen LogP) is 4.89. The fraction of sp³-hybridized carbons (Fsp3) is 0.357. The molecule has 0 N–H and O–H groups in total. The Morgan fingerprint density at radius 1 is 0.636 bits per heavy atom. The molecule has 5 rings (SSSR count). The highest BCUT2D eigenvalue weighted by Gasteiger charge is 2.51. The van der Waals surface area contributed by atoms with Crippen LogP contribution in [0.4, 0.5) is 0 Å². The molecule has 3 aromatic rings. The van der Waals surface area contributed by atoms with Crippen LogP contribution < -0.4 is 0 Å². The van der Waals surface area contributed by atoms with Gasteiger partial charge >= 0.3 is 0 Å². The van der Waals surface area contributed by atoms with Crippen LogP contribution >= 0.6 is 0 Å². The van der Waals surface area contributed by atoms with E-state index in [-0.39, 0.29) is 30.7 Å². The van der Waals surface area contributed by atoms with Gasteiger partial charge in [0.15, 0.2) is 6.29 Å². The SMILES string of the molecule is c1ccc(COC[C@H]2O[C@H]3O[C@H]3C[C@@H](OCc3ccccc3)[C@@H]2OCc2ccccc2)cc1. The first-order valence-corrected chi connectivity index (χ1v) is 11.6. The predicted molar refractivity (Wildman–Crippen MR) is 124 cm³/mol. The van der Waals surface area contributed by atoms with Gasteiger partial charge in [-0.1, -0.05) is 91.0 Å². The van der Waals surface area contributed by atoms with E-state index >= 15 is 0 Å². The van der Waals surface area contributed by atoms with Crippen molar-refractivity contribution in [2.75, 3.05) is 6.61 Å². The van der Waals surface area contributed by atoms with Crippen molar-refractivity contribution < 1.29 is 23.7 Å². The van der Waals surface area contributed by atoms with Crippen LogP contribution in [0.25, 0.3) is 0 Å². The summed E-state index contributed by atoms with van der Waals surface area (Å²) in [4.78, 5) is 0.